The predicted octanol–water partition coefficient (Wildman–Crippen LogP) is 16.5. The van der Waals surface area contributed by atoms with Crippen LogP contribution in [0.25, 0.3) is 10.5 Å². The summed E-state index contributed by atoms with van der Waals surface area (Å²) in [6.45, 7) is 11.9. The summed E-state index contributed by atoms with van der Waals surface area (Å²) in [5.74, 6) is -1.33. The van der Waals surface area contributed by atoms with Crippen LogP contribution < -0.4 is 41.3 Å². The van der Waals surface area contributed by atoms with E-state index in [0.29, 0.717) is 57.9 Å². The van der Waals surface area contributed by atoms with E-state index in [2.05, 4.69) is 25.1 Å². The molecule has 0 bridgehead atoms. The van der Waals surface area contributed by atoms with E-state index in [1.54, 1.807) is 158 Å². The minimum absolute atomic E-state index is 0.0694. The van der Waals surface area contributed by atoms with Gasteiger partial charge in [-0.05, 0) is 232 Å². The molecule has 2 heterocycles. The van der Waals surface area contributed by atoms with Gasteiger partial charge in [0.25, 0.3) is 12.4 Å². The van der Waals surface area contributed by atoms with E-state index in [9.17, 15) is 41.0 Å². The van der Waals surface area contributed by atoms with Gasteiger partial charge in [0.05, 0.1) is 51.1 Å². The number of hydrogen-bond donors (Lipinski definition) is 4. The Balaban J connectivity index is 0.000000209. The number of hydrogen-bond acceptors (Lipinski definition) is 16. The monoisotopic (exact) mass is 1510 g/mol. The lowest BCUT2D eigenvalue weighted by Gasteiger charge is -2.26. The molecule has 1 aromatic heterocycles. The standard InChI is InChI=1S/C20H21ClFN3O3.C20H19ClFN3O2.C15H15ClFN3.C9H9FN2.C8H7FN2.C6H6FN/c1-3-28-19(26)20(27)13-25(17-8-4-14(21)5-9-17)18(23-20)12-24(2)16-10-6-15(22)7-11-16;1-3-27-20(26)18-12-25(17-8-4-14(21)5-9-17)19(23-18)13-24(2)16-10-6-15(22)7-11-16;1-20(14-8-4-12(17)5-9-14)10-15(18)19-13-6-2-11(16)3-7-13;1-12(7-6-11)9-4-2-8(10)3-5-9;1-10-6-11-8-4-2-7(9)3-5-8;7-5-1-3-6(8)4-2-5/h4-11,27H,3,12-13H2,1-2H3;4-12H,3,13H2,1-2H3;2-9H,10H2,1H3,(H2,18,19);2-5H,7H2,1H3;2-5,11H,6H2;1-4H,8H2. The summed E-state index contributed by atoms with van der Waals surface area (Å²) >= 11 is 17.8. The molecule has 552 valence electrons. The third kappa shape index (κ3) is 27.5. The van der Waals surface area contributed by atoms with Crippen molar-refractivity contribution in [3.63, 3.8) is 0 Å². The minimum atomic E-state index is -1.99. The van der Waals surface area contributed by atoms with Crippen molar-refractivity contribution in [1.29, 1.82) is 5.26 Å². The maximum Gasteiger partial charge on any atom is 0.363 e. The number of ether oxygens (including phenoxy) is 2. The van der Waals surface area contributed by atoms with Gasteiger partial charge in [0.2, 0.25) is 0 Å². The Morgan fingerprint density at radius 3 is 1.44 bits per heavy atom. The van der Waals surface area contributed by atoms with Gasteiger partial charge in [-0.25, -0.2) is 57.5 Å². The summed E-state index contributed by atoms with van der Waals surface area (Å²) in [7, 11) is 7.35. The van der Waals surface area contributed by atoms with E-state index in [1.165, 1.54) is 84.9 Å². The second-order valence-electron chi connectivity index (χ2n) is 22.9. The Morgan fingerprint density at radius 2 is 1.01 bits per heavy atom. The number of amidine groups is 2. The summed E-state index contributed by atoms with van der Waals surface area (Å²) < 4.78 is 87.9. The van der Waals surface area contributed by atoms with Crippen molar-refractivity contribution in [3.8, 4) is 11.8 Å². The SMILES string of the molecule is CCOC(=O)C1(O)CN(c2ccc(Cl)cc2)C(CN(C)c2ccc(F)cc2)=N1.CCOC(=O)c1cn(-c2ccc(Cl)cc2)c(CN(C)c2ccc(F)cc2)n1.CN(CC#N)c1ccc(F)cc1.CN(CC(N)=Nc1ccc(Cl)cc1)c1ccc(F)cc1.Nc1ccc(F)cc1.[C-]#[N+]CNc1ccc(F)cc1. The molecule has 9 aromatic carbocycles. The Labute approximate surface area is 626 Å². The molecule has 19 nitrogen and oxygen atoms in total. The molecule has 28 heteroatoms. The fraction of sp³-hybridized carbons (Fsp3) is 0.192. The number of nitrogens with zero attached hydrogens (tertiary/aromatic N) is 11. The van der Waals surface area contributed by atoms with Gasteiger partial charge in [-0.15, -0.1) is 0 Å². The highest BCUT2D eigenvalue weighted by Gasteiger charge is 2.46. The first-order chi connectivity index (χ1) is 50.7. The molecule has 6 N–H and O–H groups in total. The molecule has 0 aliphatic carbocycles. The second-order valence-corrected chi connectivity index (χ2v) is 24.2. The number of aromatic nitrogens is 2. The number of anilines is 7. The van der Waals surface area contributed by atoms with Crippen LogP contribution in [-0.2, 0) is 20.8 Å². The van der Waals surface area contributed by atoms with Gasteiger partial charge in [0, 0.05) is 95.0 Å². The summed E-state index contributed by atoms with van der Waals surface area (Å²) in [4.78, 5) is 49.7. The fourth-order valence-corrected chi connectivity index (χ4v) is 9.80. The molecular formula is C78H77Cl3F6N14O5. The first kappa shape index (κ1) is 83.2. The van der Waals surface area contributed by atoms with Crippen LogP contribution in [0.2, 0.25) is 15.1 Å². The molecule has 0 spiro atoms. The van der Waals surface area contributed by atoms with Crippen LogP contribution in [0.3, 0.4) is 0 Å². The van der Waals surface area contributed by atoms with E-state index >= 15 is 0 Å². The third-order valence-corrected chi connectivity index (χ3v) is 15.6. The number of rotatable bonds is 20. The van der Waals surface area contributed by atoms with E-state index in [-0.39, 0.29) is 73.6 Å². The van der Waals surface area contributed by atoms with E-state index in [1.807, 2.05) is 58.6 Å². The van der Waals surface area contributed by atoms with Gasteiger partial charge >= 0.3 is 11.9 Å². The summed E-state index contributed by atoms with van der Waals surface area (Å²) in [5.41, 5.74) is 16.4. The highest BCUT2D eigenvalue weighted by Crippen LogP contribution is 2.30. The molecule has 1 atom stereocenters. The largest absolute Gasteiger partial charge is 0.462 e. The highest BCUT2D eigenvalue weighted by atomic mass is 35.5. The number of carbonyl (C=O) groups is 2. The molecule has 11 rings (SSSR count). The lowest BCUT2D eigenvalue weighted by atomic mass is 10.2. The number of nitriles is 1. The van der Waals surface area contributed by atoms with Crippen LogP contribution in [-0.4, -0.2) is 118 Å². The number of esters is 2. The van der Waals surface area contributed by atoms with Crippen molar-refractivity contribution in [2.45, 2.75) is 26.1 Å². The minimum Gasteiger partial charge on any atom is -0.462 e. The van der Waals surface area contributed by atoms with Crippen LogP contribution in [0.15, 0.2) is 235 Å². The number of aliphatic imine (C=N–C) groups is 2. The number of likely N-dealkylation sites (N-methyl/N-ethyl adjacent to an activating group) is 2. The van der Waals surface area contributed by atoms with Gasteiger partial charge in [0.1, 0.15) is 58.9 Å². The fourth-order valence-electron chi connectivity index (χ4n) is 9.42. The average molecular weight is 1510 g/mol. The molecule has 1 aliphatic rings. The van der Waals surface area contributed by atoms with Gasteiger partial charge in [0.15, 0.2) is 5.69 Å². The zero-order chi connectivity index (χ0) is 77.3. The van der Waals surface area contributed by atoms with Gasteiger partial charge in [-0.2, -0.15) is 5.26 Å². The van der Waals surface area contributed by atoms with E-state index in [0.717, 1.165) is 45.5 Å². The zero-order valence-electron chi connectivity index (χ0n) is 58.6. The number of nitrogens with one attached hydrogen (secondary N) is 1. The lowest BCUT2D eigenvalue weighted by molar-refractivity contribution is -0.162. The van der Waals surface area contributed by atoms with Gasteiger partial charge < -0.3 is 60.4 Å². The van der Waals surface area contributed by atoms with Crippen LogP contribution in [0, 0.1) is 52.8 Å². The van der Waals surface area contributed by atoms with Gasteiger partial charge in [-0.1, -0.05) is 34.8 Å². The van der Waals surface area contributed by atoms with Crippen molar-refractivity contribution in [3.05, 3.63) is 297 Å². The quantitative estimate of drug-likeness (QED) is 0.0106. The average Bonchev–Trinajstić information content (AvgIpc) is 1.62. The molecule has 1 unspecified atom stereocenters. The van der Waals surface area contributed by atoms with E-state index in [4.69, 9.17) is 67.6 Å². The number of β-amino-alcohol motifs (C(OH)–C–C–N with tert-alkyl or cyclic N) is 1. The van der Waals surface area contributed by atoms with Crippen molar-refractivity contribution in [2.75, 3.05) is 110 Å². The maximum atomic E-state index is 13.2. The molecule has 0 saturated heterocycles. The number of nitrogen functional groups attached to an aromatic ring is 1. The Bertz CT molecular complexity index is 4500. The van der Waals surface area contributed by atoms with Crippen molar-refractivity contribution in [2.24, 2.45) is 15.7 Å². The summed E-state index contributed by atoms with van der Waals surface area (Å²) in [6.07, 6.45) is 1.65. The topological polar surface area (TPSA) is 224 Å². The van der Waals surface area contributed by atoms with E-state index < -0.39 is 17.7 Å². The summed E-state index contributed by atoms with van der Waals surface area (Å²) in [6, 6.07) is 59.5. The Hall–Kier alpha value is -11.7. The molecule has 0 amide bonds. The van der Waals surface area contributed by atoms with Crippen molar-refractivity contribution >= 4 is 104 Å². The highest BCUT2D eigenvalue weighted by molar-refractivity contribution is 6.31. The van der Waals surface area contributed by atoms with Crippen LogP contribution in [0.4, 0.5) is 71.8 Å². The number of imidazole rings is 1. The maximum absolute atomic E-state index is 13.2. The van der Waals surface area contributed by atoms with Gasteiger partial charge in [-0.3, -0.25) is 4.85 Å². The molecule has 0 fully saturated rings. The number of aliphatic hydroxyl groups is 1. The zero-order valence-corrected chi connectivity index (χ0v) is 60.8. The Kier molecular flexibility index (Phi) is 33.1. The number of benzene rings is 9. The smallest absolute Gasteiger partial charge is 0.363 e. The number of nitrogens with two attached hydrogens (primary N) is 2. The van der Waals surface area contributed by atoms with Crippen LogP contribution >= 0.6 is 34.8 Å². The normalized spacial score (nSPS) is 12.5. The molecule has 0 radical (unpaired) electrons. The molecule has 1 aliphatic heterocycles. The first-order valence-electron chi connectivity index (χ1n) is 32.4. The van der Waals surface area contributed by atoms with Crippen molar-refractivity contribution in [1.82, 2.24) is 9.55 Å². The summed E-state index contributed by atoms with van der Waals surface area (Å²) in [5, 5.41) is 23.8. The molecule has 0 saturated carbocycles. The first-order valence-corrected chi connectivity index (χ1v) is 33.5. The molecule has 106 heavy (non-hydrogen) atoms. The van der Waals surface area contributed by atoms with Crippen LogP contribution in [0.1, 0.15) is 30.2 Å². The Morgan fingerprint density at radius 1 is 0.604 bits per heavy atom. The molecule has 10 aromatic rings. The number of halogens is 9. The second kappa shape index (κ2) is 42.1. The lowest BCUT2D eigenvalue weighted by Crippen LogP contribution is -2.44. The predicted molar refractivity (Wildman–Crippen MR) is 411 cm³/mol. The molecular weight excluding hydrogens is 1430 g/mol. The third-order valence-electron chi connectivity index (χ3n) is 14.8. The van der Waals surface area contributed by atoms with Crippen molar-refractivity contribution < 1.29 is 50.5 Å². The van der Waals surface area contributed by atoms with Crippen LogP contribution in [0.5, 0.6) is 0 Å². The number of carbonyl (C=O) groups excluding carboxylic acids is 2.